The van der Waals surface area contributed by atoms with E-state index in [0.29, 0.717) is 11.0 Å². The number of rotatable bonds is 7. The molecule has 0 aliphatic heterocycles. The fourth-order valence-electron chi connectivity index (χ4n) is 3.23. The van der Waals surface area contributed by atoms with Gasteiger partial charge in [0.25, 0.3) is 0 Å². The van der Waals surface area contributed by atoms with E-state index in [0.717, 1.165) is 43.5 Å². The summed E-state index contributed by atoms with van der Waals surface area (Å²) in [5.41, 5.74) is 0.796. The lowest BCUT2D eigenvalue weighted by Gasteiger charge is -2.30. The van der Waals surface area contributed by atoms with Crippen LogP contribution in [0.3, 0.4) is 0 Å². The van der Waals surface area contributed by atoms with Crippen LogP contribution in [0.15, 0.2) is 29.3 Å². The second-order valence-electron chi connectivity index (χ2n) is 6.59. The van der Waals surface area contributed by atoms with Crippen LogP contribution in [0.5, 0.6) is 0 Å². The molecule has 154 valence electrons. The third-order valence-electron chi connectivity index (χ3n) is 4.64. The fraction of sp³-hybridized carbons (Fsp3) is 0.632. The molecule has 1 fully saturated rings. The summed E-state index contributed by atoms with van der Waals surface area (Å²) < 4.78 is 12.1. The Morgan fingerprint density at radius 1 is 1.33 bits per heavy atom. The number of halogens is 2. The van der Waals surface area contributed by atoms with Crippen molar-refractivity contribution in [2.24, 2.45) is 4.99 Å². The monoisotopic (exact) mass is 527 g/mol. The fourth-order valence-corrected chi connectivity index (χ4v) is 4.71. The zero-order valence-corrected chi connectivity index (χ0v) is 19.9. The molecular formula is C19H31ClIN3O2S. The third-order valence-corrected chi connectivity index (χ3v) is 6.64. The van der Waals surface area contributed by atoms with Gasteiger partial charge in [0.1, 0.15) is 0 Å². The van der Waals surface area contributed by atoms with Crippen molar-refractivity contribution in [2.45, 2.75) is 56.9 Å². The number of nitrogens with zero attached hydrogens (tertiary/aromatic N) is 1. The van der Waals surface area contributed by atoms with E-state index in [1.54, 1.807) is 12.1 Å². The SMILES string of the molecule is CCNC(=NCC(O)c1ccc(Cl)cc1)NC1CCCC(S(=O)CC)C1.I. The molecule has 1 saturated carbocycles. The zero-order chi connectivity index (χ0) is 18.9. The van der Waals surface area contributed by atoms with Gasteiger partial charge in [0.05, 0.1) is 12.6 Å². The number of nitrogens with one attached hydrogen (secondary N) is 2. The molecule has 27 heavy (non-hydrogen) atoms. The van der Waals surface area contributed by atoms with E-state index >= 15 is 0 Å². The number of aliphatic imine (C=N–C) groups is 1. The first-order valence-corrected chi connectivity index (χ1v) is 11.1. The molecular weight excluding hydrogens is 497 g/mol. The van der Waals surface area contributed by atoms with Gasteiger partial charge in [0.2, 0.25) is 0 Å². The Hall–Kier alpha value is -0.380. The third kappa shape index (κ3) is 8.25. The Bertz CT molecular complexity index is 615. The van der Waals surface area contributed by atoms with Crippen LogP contribution >= 0.6 is 35.6 Å². The highest BCUT2D eigenvalue weighted by molar-refractivity contribution is 14.0. The van der Waals surface area contributed by atoms with Gasteiger partial charge in [-0.1, -0.05) is 37.1 Å². The van der Waals surface area contributed by atoms with Gasteiger partial charge in [-0.2, -0.15) is 0 Å². The van der Waals surface area contributed by atoms with Crippen molar-refractivity contribution in [3.8, 4) is 0 Å². The predicted octanol–water partition coefficient (Wildman–Crippen LogP) is 3.63. The lowest BCUT2D eigenvalue weighted by molar-refractivity contribution is 0.187. The number of hydrogen-bond acceptors (Lipinski definition) is 3. The van der Waals surface area contributed by atoms with Crippen LogP contribution in [0.2, 0.25) is 5.02 Å². The molecule has 4 unspecified atom stereocenters. The van der Waals surface area contributed by atoms with E-state index in [4.69, 9.17) is 11.6 Å². The van der Waals surface area contributed by atoms with E-state index in [1.165, 1.54) is 0 Å². The smallest absolute Gasteiger partial charge is 0.191 e. The maximum Gasteiger partial charge on any atom is 0.191 e. The molecule has 4 atom stereocenters. The van der Waals surface area contributed by atoms with Gasteiger partial charge < -0.3 is 15.7 Å². The summed E-state index contributed by atoms with van der Waals surface area (Å²) in [6.45, 7) is 5.02. The van der Waals surface area contributed by atoms with E-state index in [-0.39, 0.29) is 41.8 Å². The topological polar surface area (TPSA) is 73.7 Å². The van der Waals surface area contributed by atoms with Crippen LogP contribution in [-0.2, 0) is 10.8 Å². The van der Waals surface area contributed by atoms with Crippen molar-refractivity contribution < 1.29 is 9.32 Å². The maximum atomic E-state index is 12.1. The van der Waals surface area contributed by atoms with Gasteiger partial charge in [0.15, 0.2) is 5.96 Å². The average Bonchev–Trinajstić information content (AvgIpc) is 2.66. The Kier molecular flexibility index (Phi) is 11.8. The highest BCUT2D eigenvalue weighted by Gasteiger charge is 2.26. The summed E-state index contributed by atoms with van der Waals surface area (Å²) >= 11 is 5.89. The second-order valence-corrected chi connectivity index (χ2v) is 9.03. The molecule has 2 rings (SSSR count). The molecule has 0 heterocycles. The summed E-state index contributed by atoms with van der Waals surface area (Å²) in [7, 11) is -0.742. The second kappa shape index (κ2) is 13.0. The predicted molar refractivity (Wildman–Crippen MR) is 126 cm³/mol. The van der Waals surface area contributed by atoms with Crippen molar-refractivity contribution in [1.29, 1.82) is 0 Å². The largest absolute Gasteiger partial charge is 0.386 e. The van der Waals surface area contributed by atoms with Crippen LogP contribution in [0, 0.1) is 0 Å². The zero-order valence-electron chi connectivity index (χ0n) is 16.0. The van der Waals surface area contributed by atoms with Gasteiger partial charge in [-0.25, -0.2) is 0 Å². The van der Waals surface area contributed by atoms with Crippen molar-refractivity contribution in [1.82, 2.24) is 10.6 Å². The van der Waals surface area contributed by atoms with Crippen LogP contribution in [0.1, 0.15) is 51.2 Å². The van der Waals surface area contributed by atoms with E-state index < -0.39 is 16.9 Å². The van der Waals surface area contributed by atoms with Crippen molar-refractivity contribution >= 4 is 52.3 Å². The molecule has 0 aromatic heterocycles. The molecule has 0 spiro atoms. The molecule has 1 aliphatic carbocycles. The molecule has 0 amide bonds. The minimum absolute atomic E-state index is 0. The van der Waals surface area contributed by atoms with Gasteiger partial charge in [0, 0.05) is 39.4 Å². The minimum atomic E-state index is -0.742. The molecule has 8 heteroatoms. The Morgan fingerprint density at radius 2 is 2.04 bits per heavy atom. The van der Waals surface area contributed by atoms with E-state index in [9.17, 15) is 9.32 Å². The first-order chi connectivity index (χ1) is 12.5. The van der Waals surface area contributed by atoms with Crippen molar-refractivity contribution in [3.05, 3.63) is 34.9 Å². The normalized spacial score (nSPS) is 22.4. The first-order valence-electron chi connectivity index (χ1n) is 9.39. The van der Waals surface area contributed by atoms with Gasteiger partial charge in [-0.3, -0.25) is 9.20 Å². The van der Waals surface area contributed by atoms with E-state index in [1.807, 2.05) is 26.0 Å². The van der Waals surface area contributed by atoms with Gasteiger partial charge in [-0.15, -0.1) is 24.0 Å². The number of aliphatic hydroxyl groups is 1. The van der Waals surface area contributed by atoms with Crippen molar-refractivity contribution in [2.75, 3.05) is 18.8 Å². The Labute approximate surface area is 187 Å². The molecule has 1 aromatic rings. The highest BCUT2D eigenvalue weighted by atomic mass is 127. The molecule has 1 aromatic carbocycles. The lowest BCUT2D eigenvalue weighted by atomic mass is 9.95. The lowest BCUT2D eigenvalue weighted by Crippen LogP contribution is -2.46. The molecule has 5 nitrogen and oxygen atoms in total. The standard InChI is InChI=1S/C19H30ClN3O2S.HI/c1-3-21-19(22-13-18(24)14-8-10-15(20)11-9-14)23-16-6-5-7-17(12-16)26(25)4-2;/h8-11,16-18,24H,3-7,12-13H2,1-2H3,(H2,21,22,23);1H. The van der Waals surface area contributed by atoms with Crippen LogP contribution in [-0.4, -0.2) is 45.4 Å². The quantitative estimate of drug-likeness (QED) is 0.288. The number of hydrogen-bond donors (Lipinski definition) is 3. The Balaban J connectivity index is 0.00000364. The molecule has 0 radical (unpaired) electrons. The number of aliphatic hydroxyl groups excluding tert-OH is 1. The van der Waals surface area contributed by atoms with Crippen LogP contribution in [0.4, 0.5) is 0 Å². The van der Waals surface area contributed by atoms with Crippen molar-refractivity contribution in [3.63, 3.8) is 0 Å². The minimum Gasteiger partial charge on any atom is -0.386 e. The summed E-state index contributed by atoms with van der Waals surface area (Å²) in [6, 6.07) is 7.44. The number of benzene rings is 1. The summed E-state index contributed by atoms with van der Waals surface area (Å²) in [4.78, 5) is 4.53. The molecule has 1 aliphatic rings. The summed E-state index contributed by atoms with van der Waals surface area (Å²) in [5.74, 6) is 1.42. The molecule has 0 saturated heterocycles. The Morgan fingerprint density at radius 3 is 2.67 bits per heavy atom. The maximum absolute atomic E-state index is 12.1. The van der Waals surface area contributed by atoms with Gasteiger partial charge >= 0.3 is 0 Å². The highest BCUT2D eigenvalue weighted by Crippen LogP contribution is 2.23. The average molecular weight is 528 g/mol. The molecule has 0 bridgehead atoms. The van der Waals surface area contributed by atoms with E-state index in [2.05, 4.69) is 15.6 Å². The molecule has 3 N–H and O–H groups in total. The van der Waals surface area contributed by atoms with Crippen LogP contribution in [0.25, 0.3) is 0 Å². The number of guanidine groups is 1. The van der Waals surface area contributed by atoms with Gasteiger partial charge in [-0.05, 0) is 43.9 Å². The first kappa shape index (κ1) is 24.7. The summed E-state index contributed by atoms with van der Waals surface area (Å²) in [5, 5.41) is 17.9. The van der Waals surface area contributed by atoms with Crippen LogP contribution < -0.4 is 10.6 Å². The summed E-state index contributed by atoms with van der Waals surface area (Å²) in [6.07, 6.45) is 3.42.